The molecule has 0 aromatic heterocycles. The molecule has 0 aliphatic carbocycles. The van der Waals surface area contributed by atoms with Crippen molar-refractivity contribution in [3.05, 3.63) is 0 Å². The van der Waals surface area contributed by atoms with Crippen LogP contribution in [0.1, 0.15) is 52.9 Å². The molecule has 0 rings (SSSR count). The molecule has 2 heteroatoms. The maximum atomic E-state index is 5.47. The van der Waals surface area contributed by atoms with Crippen molar-refractivity contribution in [2.75, 3.05) is 26.2 Å². The van der Waals surface area contributed by atoms with Gasteiger partial charge in [-0.1, -0.05) is 40.0 Å². The lowest BCUT2D eigenvalue weighted by molar-refractivity contribution is 0.240. The van der Waals surface area contributed by atoms with Crippen LogP contribution in [-0.2, 0) is 0 Å². The molecule has 0 heterocycles. The number of hydrogen-bond acceptors (Lipinski definition) is 2. The van der Waals surface area contributed by atoms with Crippen LogP contribution in [0.3, 0.4) is 0 Å². The molecule has 0 bridgehead atoms. The minimum Gasteiger partial charge on any atom is -0.330 e. The monoisotopic (exact) mass is 214 g/mol. The SMILES string of the molecule is CCC(C)CN(CC)CCCCCCN. The summed E-state index contributed by atoms with van der Waals surface area (Å²) in [6.45, 7) is 11.5. The first-order chi connectivity index (χ1) is 7.24. The van der Waals surface area contributed by atoms with Gasteiger partial charge in [0.15, 0.2) is 0 Å². The minimum absolute atomic E-state index is 0.842. The van der Waals surface area contributed by atoms with Gasteiger partial charge in [0.2, 0.25) is 0 Å². The fourth-order valence-corrected chi connectivity index (χ4v) is 1.78. The molecule has 1 atom stereocenters. The molecule has 0 aliphatic rings. The summed E-state index contributed by atoms with van der Waals surface area (Å²) >= 11 is 0. The molecule has 0 aromatic rings. The average molecular weight is 214 g/mol. The van der Waals surface area contributed by atoms with Crippen molar-refractivity contribution in [2.24, 2.45) is 11.7 Å². The molecule has 1 unspecified atom stereocenters. The Morgan fingerprint density at radius 3 is 2.27 bits per heavy atom. The Morgan fingerprint density at radius 1 is 1.07 bits per heavy atom. The molecule has 0 fully saturated rings. The van der Waals surface area contributed by atoms with Crippen molar-refractivity contribution in [3.63, 3.8) is 0 Å². The average Bonchev–Trinajstić information content (AvgIpc) is 2.26. The van der Waals surface area contributed by atoms with E-state index in [-0.39, 0.29) is 0 Å². The van der Waals surface area contributed by atoms with Gasteiger partial charge in [-0.2, -0.15) is 0 Å². The van der Waals surface area contributed by atoms with Crippen molar-refractivity contribution in [2.45, 2.75) is 52.9 Å². The molecular formula is C13H30N2. The van der Waals surface area contributed by atoms with Crippen molar-refractivity contribution >= 4 is 0 Å². The lowest BCUT2D eigenvalue weighted by atomic mass is 10.1. The third-order valence-corrected chi connectivity index (χ3v) is 3.14. The summed E-state index contributed by atoms with van der Waals surface area (Å²) in [7, 11) is 0. The van der Waals surface area contributed by atoms with Crippen LogP contribution < -0.4 is 5.73 Å². The molecule has 2 nitrogen and oxygen atoms in total. The largest absolute Gasteiger partial charge is 0.330 e. The van der Waals surface area contributed by atoms with E-state index in [2.05, 4.69) is 25.7 Å². The molecule has 15 heavy (non-hydrogen) atoms. The molecule has 0 aromatic carbocycles. The molecule has 0 spiro atoms. The van der Waals surface area contributed by atoms with E-state index < -0.39 is 0 Å². The van der Waals surface area contributed by atoms with Gasteiger partial charge >= 0.3 is 0 Å². The number of nitrogens with zero attached hydrogens (tertiary/aromatic N) is 1. The Labute approximate surface area is 96.2 Å². The highest BCUT2D eigenvalue weighted by molar-refractivity contribution is 4.60. The molecule has 0 aliphatic heterocycles. The van der Waals surface area contributed by atoms with Crippen molar-refractivity contribution in [3.8, 4) is 0 Å². The normalized spacial score (nSPS) is 13.4. The first-order valence-electron chi connectivity index (χ1n) is 6.66. The Morgan fingerprint density at radius 2 is 1.73 bits per heavy atom. The predicted molar refractivity (Wildman–Crippen MR) is 69.1 cm³/mol. The molecule has 0 amide bonds. The smallest absolute Gasteiger partial charge is 0.000680 e. The number of nitrogens with two attached hydrogens (primary N) is 1. The van der Waals surface area contributed by atoms with Gasteiger partial charge in [-0.15, -0.1) is 0 Å². The maximum Gasteiger partial charge on any atom is 0.000680 e. The first-order valence-corrected chi connectivity index (χ1v) is 6.66. The van der Waals surface area contributed by atoms with E-state index in [0.717, 1.165) is 12.5 Å². The summed E-state index contributed by atoms with van der Waals surface area (Å²) in [5.74, 6) is 0.842. The summed E-state index contributed by atoms with van der Waals surface area (Å²) in [4.78, 5) is 2.58. The van der Waals surface area contributed by atoms with Crippen LogP contribution in [0.4, 0.5) is 0 Å². The summed E-state index contributed by atoms with van der Waals surface area (Å²) in [6, 6.07) is 0. The fraction of sp³-hybridized carbons (Fsp3) is 1.00. The van der Waals surface area contributed by atoms with Crippen LogP contribution in [0, 0.1) is 5.92 Å². The zero-order valence-corrected chi connectivity index (χ0v) is 11.0. The second kappa shape index (κ2) is 10.4. The van der Waals surface area contributed by atoms with Gasteiger partial charge in [-0.25, -0.2) is 0 Å². The molecular weight excluding hydrogens is 184 g/mol. The van der Waals surface area contributed by atoms with Crippen LogP contribution in [0.5, 0.6) is 0 Å². The van der Waals surface area contributed by atoms with E-state index in [4.69, 9.17) is 5.73 Å². The van der Waals surface area contributed by atoms with Crippen molar-refractivity contribution < 1.29 is 0 Å². The van der Waals surface area contributed by atoms with Gasteiger partial charge < -0.3 is 10.6 Å². The van der Waals surface area contributed by atoms with Gasteiger partial charge in [-0.3, -0.25) is 0 Å². The second-order valence-electron chi connectivity index (χ2n) is 4.61. The van der Waals surface area contributed by atoms with E-state index in [1.807, 2.05) is 0 Å². The van der Waals surface area contributed by atoms with Gasteiger partial charge in [0.25, 0.3) is 0 Å². The molecule has 0 radical (unpaired) electrons. The number of hydrogen-bond donors (Lipinski definition) is 1. The Balaban J connectivity index is 3.44. The Hall–Kier alpha value is -0.0800. The second-order valence-corrected chi connectivity index (χ2v) is 4.61. The number of rotatable bonds is 10. The topological polar surface area (TPSA) is 29.3 Å². The van der Waals surface area contributed by atoms with E-state index in [1.54, 1.807) is 0 Å². The molecule has 0 saturated heterocycles. The summed E-state index contributed by atoms with van der Waals surface area (Å²) in [5, 5.41) is 0. The summed E-state index contributed by atoms with van der Waals surface area (Å²) in [5.41, 5.74) is 5.47. The van der Waals surface area contributed by atoms with Gasteiger partial charge in [0.1, 0.15) is 0 Å². The first kappa shape index (κ1) is 14.9. The standard InChI is InChI=1S/C13H30N2/c1-4-13(3)12-15(5-2)11-9-7-6-8-10-14/h13H,4-12,14H2,1-3H3. The van der Waals surface area contributed by atoms with Crippen molar-refractivity contribution in [1.29, 1.82) is 0 Å². The Kier molecular flexibility index (Phi) is 10.4. The van der Waals surface area contributed by atoms with Crippen LogP contribution in [0.15, 0.2) is 0 Å². The number of unbranched alkanes of at least 4 members (excludes halogenated alkanes) is 3. The highest BCUT2D eigenvalue weighted by atomic mass is 15.1. The minimum atomic E-state index is 0.842. The van der Waals surface area contributed by atoms with Crippen LogP contribution in [0.25, 0.3) is 0 Å². The van der Waals surface area contributed by atoms with Gasteiger partial charge in [-0.05, 0) is 38.4 Å². The van der Waals surface area contributed by atoms with Gasteiger partial charge in [0, 0.05) is 6.54 Å². The van der Waals surface area contributed by atoms with Crippen LogP contribution in [0.2, 0.25) is 0 Å². The lowest BCUT2D eigenvalue weighted by Gasteiger charge is -2.23. The van der Waals surface area contributed by atoms with Gasteiger partial charge in [0.05, 0.1) is 0 Å². The van der Waals surface area contributed by atoms with Crippen LogP contribution >= 0.6 is 0 Å². The quantitative estimate of drug-likeness (QED) is 0.567. The maximum absolute atomic E-state index is 5.47. The van der Waals surface area contributed by atoms with E-state index in [0.29, 0.717) is 0 Å². The fourth-order valence-electron chi connectivity index (χ4n) is 1.78. The van der Waals surface area contributed by atoms with E-state index >= 15 is 0 Å². The summed E-state index contributed by atoms with van der Waals surface area (Å²) < 4.78 is 0. The zero-order valence-electron chi connectivity index (χ0n) is 11.0. The molecule has 0 saturated carbocycles. The zero-order chi connectivity index (χ0) is 11.5. The van der Waals surface area contributed by atoms with E-state index in [9.17, 15) is 0 Å². The van der Waals surface area contributed by atoms with Crippen molar-refractivity contribution in [1.82, 2.24) is 4.90 Å². The third-order valence-electron chi connectivity index (χ3n) is 3.14. The Bertz CT molecular complexity index is 126. The molecule has 92 valence electrons. The highest BCUT2D eigenvalue weighted by Crippen LogP contribution is 2.06. The predicted octanol–water partition coefficient (Wildman–Crippen LogP) is 2.87. The highest BCUT2D eigenvalue weighted by Gasteiger charge is 2.06. The lowest BCUT2D eigenvalue weighted by Crippen LogP contribution is -2.29. The molecule has 2 N–H and O–H groups in total. The van der Waals surface area contributed by atoms with Crippen LogP contribution in [-0.4, -0.2) is 31.1 Å². The summed E-state index contributed by atoms with van der Waals surface area (Å²) in [6.07, 6.45) is 6.47. The third kappa shape index (κ3) is 8.88. The van der Waals surface area contributed by atoms with E-state index in [1.165, 1.54) is 51.7 Å².